The van der Waals surface area contributed by atoms with Crippen LogP contribution in [0.4, 0.5) is 0 Å². The number of nitrogens with zero attached hydrogens (tertiary/aromatic N) is 1. The zero-order valence-corrected chi connectivity index (χ0v) is 14.0. The van der Waals surface area contributed by atoms with E-state index in [1.165, 1.54) is 11.8 Å². The first-order chi connectivity index (χ1) is 11.1. The number of hydrogen-bond donors (Lipinski definition) is 1. The number of ether oxygens (including phenoxy) is 2. The summed E-state index contributed by atoms with van der Waals surface area (Å²) in [7, 11) is 3.19. The number of carbonyl (C=O) groups is 1. The van der Waals surface area contributed by atoms with E-state index in [0.717, 1.165) is 11.3 Å². The van der Waals surface area contributed by atoms with Gasteiger partial charge in [-0.25, -0.2) is 0 Å². The monoisotopic (exact) mass is 333 g/mol. The lowest BCUT2D eigenvalue weighted by Gasteiger charge is -2.25. The van der Waals surface area contributed by atoms with E-state index in [1.807, 2.05) is 12.1 Å². The van der Waals surface area contributed by atoms with Crippen LogP contribution in [0.5, 0.6) is 11.5 Å². The molecule has 1 aliphatic heterocycles. The Morgan fingerprint density at radius 2 is 2.09 bits per heavy atom. The summed E-state index contributed by atoms with van der Waals surface area (Å²) >= 11 is 1.54. The standard InChI is InChI=1S/C17H19NO4S/c1-21-11-3-4-12(15(9-11)22-2)10-7-13(19)16(14(20)8-10)17-18-5-6-23-17/h3-4,9-10,19H,5-8H2,1-2H3. The average Bonchev–Trinajstić information content (AvgIpc) is 3.07. The summed E-state index contributed by atoms with van der Waals surface area (Å²) in [6, 6.07) is 5.54. The summed E-state index contributed by atoms with van der Waals surface area (Å²) in [5.41, 5.74) is 1.32. The molecule has 0 spiro atoms. The van der Waals surface area contributed by atoms with E-state index in [9.17, 15) is 9.90 Å². The van der Waals surface area contributed by atoms with Crippen LogP contribution in [0.2, 0.25) is 0 Å². The predicted molar refractivity (Wildman–Crippen MR) is 90.9 cm³/mol. The van der Waals surface area contributed by atoms with Crippen LogP contribution in [0.3, 0.4) is 0 Å². The van der Waals surface area contributed by atoms with Crippen molar-refractivity contribution in [1.29, 1.82) is 0 Å². The number of aliphatic imine (C=N–C) groups is 1. The van der Waals surface area contributed by atoms with Gasteiger partial charge in [0, 0.05) is 37.1 Å². The Kier molecular flexibility index (Phi) is 4.61. The van der Waals surface area contributed by atoms with Gasteiger partial charge >= 0.3 is 0 Å². The molecule has 0 saturated carbocycles. The minimum Gasteiger partial charge on any atom is -0.511 e. The van der Waals surface area contributed by atoms with Gasteiger partial charge in [0.15, 0.2) is 5.78 Å². The molecule has 1 N–H and O–H groups in total. The summed E-state index contributed by atoms with van der Waals surface area (Å²) in [5.74, 6) is 2.23. The Labute approximate surface area is 139 Å². The first-order valence-electron chi connectivity index (χ1n) is 7.49. The van der Waals surface area contributed by atoms with Crippen LogP contribution in [0.25, 0.3) is 0 Å². The highest BCUT2D eigenvalue weighted by molar-refractivity contribution is 8.14. The van der Waals surface area contributed by atoms with Gasteiger partial charge in [-0.1, -0.05) is 6.07 Å². The van der Waals surface area contributed by atoms with E-state index in [2.05, 4.69) is 4.99 Å². The number of thioether (sulfide) groups is 1. The van der Waals surface area contributed by atoms with Gasteiger partial charge in [-0.2, -0.15) is 0 Å². The number of ketones is 1. The van der Waals surface area contributed by atoms with Crippen molar-refractivity contribution in [2.24, 2.45) is 4.99 Å². The number of aliphatic hydroxyl groups is 1. The molecule has 5 nitrogen and oxygen atoms in total. The minimum absolute atomic E-state index is 0.0511. The second-order valence-corrected chi connectivity index (χ2v) is 6.58. The third-order valence-corrected chi connectivity index (χ3v) is 5.11. The molecule has 23 heavy (non-hydrogen) atoms. The number of allylic oxidation sites excluding steroid dienone is 1. The molecular formula is C17H19NO4S. The highest BCUT2D eigenvalue weighted by Gasteiger charge is 2.33. The fourth-order valence-electron chi connectivity index (χ4n) is 3.00. The van der Waals surface area contributed by atoms with Crippen molar-refractivity contribution < 1.29 is 19.4 Å². The van der Waals surface area contributed by atoms with Gasteiger partial charge in [-0.05, 0) is 11.6 Å². The highest BCUT2D eigenvalue weighted by Crippen LogP contribution is 2.40. The van der Waals surface area contributed by atoms with Gasteiger partial charge in [0.05, 0.1) is 19.8 Å². The van der Waals surface area contributed by atoms with Crippen molar-refractivity contribution >= 4 is 22.6 Å². The quantitative estimate of drug-likeness (QED) is 0.917. The molecule has 0 fully saturated rings. The molecule has 1 atom stereocenters. The number of rotatable bonds is 4. The lowest BCUT2D eigenvalue weighted by atomic mass is 9.82. The Morgan fingerprint density at radius 3 is 2.70 bits per heavy atom. The van der Waals surface area contributed by atoms with Gasteiger partial charge in [0.2, 0.25) is 0 Å². The minimum atomic E-state index is -0.0980. The lowest BCUT2D eigenvalue weighted by Crippen LogP contribution is -2.22. The van der Waals surface area contributed by atoms with E-state index in [4.69, 9.17) is 9.47 Å². The second-order valence-electron chi connectivity index (χ2n) is 5.49. The molecule has 1 unspecified atom stereocenters. The van der Waals surface area contributed by atoms with E-state index in [1.54, 1.807) is 20.3 Å². The van der Waals surface area contributed by atoms with Gasteiger partial charge in [-0.3, -0.25) is 9.79 Å². The van der Waals surface area contributed by atoms with Gasteiger partial charge in [-0.15, -0.1) is 11.8 Å². The topological polar surface area (TPSA) is 68.1 Å². The fraction of sp³-hybridized carbons (Fsp3) is 0.412. The third-order valence-electron chi connectivity index (χ3n) is 4.12. The maximum atomic E-state index is 12.5. The molecule has 1 heterocycles. The molecule has 1 aliphatic carbocycles. The van der Waals surface area contributed by atoms with Crippen LogP contribution in [0, 0.1) is 0 Å². The molecular weight excluding hydrogens is 314 g/mol. The van der Waals surface area contributed by atoms with Gasteiger partial charge < -0.3 is 14.6 Å². The van der Waals surface area contributed by atoms with Crippen LogP contribution in [-0.2, 0) is 4.79 Å². The Bertz CT molecular complexity index is 696. The van der Waals surface area contributed by atoms with Crippen LogP contribution in [0.1, 0.15) is 24.3 Å². The molecule has 0 aromatic heterocycles. The molecule has 3 rings (SSSR count). The molecule has 1 aromatic carbocycles. The van der Waals surface area contributed by atoms with Crippen LogP contribution >= 0.6 is 11.8 Å². The first-order valence-corrected chi connectivity index (χ1v) is 8.47. The van der Waals surface area contributed by atoms with Gasteiger partial charge in [0.25, 0.3) is 0 Å². The number of hydrogen-bond acceptors (Lipinski definition) is 6. The fourth-order valence-corrected chi connectivity index (χ4v) is 3.93. The zero-order valence-electron chi connectivity index (χ0n) is 13.2. The summed E-state index contributed by atoms with van der Waals surface area (Å²) in [6.07, 6.45) is 0.769. The largest absolute Gasteiger partial charge is 0.511 e. The average molecular weight is 333 g/mol. The number of benzene rings is 1. The normalized spacial score (nSPS) is 21.4. The van der Waals surface area contributed by atoms with Gasteiger partial charge in [0.1, 0.15) is 22.3 Å². The maximum Gasteiger partial charge on any atom is 0.169 e. The van der Waals surface area contributed by atoms with Crippen molar-refractivity contribution in [2.75, 3.05) is 26.5 Å². The van der Waals surface area contributed by atoms with E-state index in [-0.39, 0.29) is 17.5 Å². The second kappa shape index (κ2) is 6.66. The molecule has 6 heteroatoms. The molecule has 0 radical (unpaired) electrons. The Morgan fingerprint density at radius 1 is 1.26 bits per heavy atom. The Balaban J connectivity index is 1.91. The number of carbonyl (C=O) groups excluding carboxylic acids is 1. The molecule has 0 saturated heterocycles. The molecule has 0 amide bonds. The van der Waals surface area contributed by atoms with Crippen LogP contribution in [-0.4, -0.2) is 42.5 Å². The molecule has 122 valence electrons. The van der Waals surface area contributed by atoms with E-state index >= 15 is 0 Å². The summed E-state index contributed by atoms with van der Waals surface area (Å²) in [4.78, 5) is 16.8. The smallest absolute Gasteiger partial charge is 0.169 e. The van der Waals surface area contributed by atoms with Crippen molar-refractivity contribution in [3.05, 3.63) is 35.1 Å². The molecule has 1 aromatic rings. The first kappa shape index (κ1) is 15.9. The maximum absolute atomic E-state index is 12.5. The summed E-state index contributed by atoms with van der Waals surface area (Å²) in [6.45, 7) is 0.708. The molecule has 0 bridgehead atoms. The highest BCUT2D eigenvalue weighted by atomic mass is 32.2. The van der Waals surface area contributed by atoms with E-state index < -0.39 is 0 Å². The third kappa shape index (κ3) is 3.08. The number of Topliss-reactive ketones (excluding diaryl/α,β-unsaturated/α-hetero) is 1. The molecule has 2 aliphatic rings. The van der Waals surface area contributed by atoms with Crippen LogP contribution < -0.4 is 9.47 Å². The van der Waals surface area contributed by atoms with Crippen molar-refractivity contribution in [2.45, 2.75) is 18.8 Å². The zero-order chi connectivity index (χ0) is 16.4. The van der Waals surface area contributed by atoms with Crippen molar-refractivity contribution in [3.8, 4) is 11.5 Å². The number of aliphatic hydroxyl groups excluding tert-OH is 1. The number of methoxy groups -OCH3 is 2. The summed E-state index contributed by atoms with van der Waals surface area (Å²) in [5, 5.41) is 11.1. The lowest BCUT2D eigenvalue weighted by molar-refractivity contribution is -0.116. The van der Waals surface area contributed by atoms with E-state index in [0.29, 0.717) is 41.5 Å². The summed E-state index contributed by atoms with van der Waals surface area (Å²) < 4.78 is 10.6. The van der Waals surface area contributed by atoms with Crippen LogP contribution in [0.15, 0.2) is 34.5 Å². The van der Waals surface area contributed by atoms with Crippen molar-refractivity contribution in [1.82, 2.24) is 0 Å². The predicted octanol–water partition coefficient (Wildman–Crippen LogP) is 3.11. The van der Waals surface area contributed by atoms with Crippen molar-refractivity contribution in [3.63, 3.8) is 0 Å². The SMILES string of the molecule is COc1ccc(C2CC(=O)C(C3=NCCS3)=C(O)C2)c(OC)c1. The Hall–Kier alpha value is -1.95.